The molecule has 2 rings (SSSR count). The summed E-state index contributed by atoms with van der Waals surface area (Å²) >= 11 is 0. The molecule has 0 bridgehead atoms. The number of allylic oxidation sites excluding steroid dienone is 6. The van der Waals surface area contributed by atoms with Gasteiger partial charge in [-0.25, -0.2) is 4.99 Å². The van der Waals surface area contributed by atoms with Crippen LogP contribution in [0.25, 0.3) is 0 Å². The number of fused-ring (bicyclic) bond motifs is 1. The number of nitrogens with two attached hydrogens (primary N) is 2. The van der Waals surface area contributed by atoms with Crippen molar-refractivity contribution in [2.75, 3.05) is 13.7 Å². The molecule has 0 aromatic carbocycles. The van der Waals surface area contributed by atoms with Crippen molar-refractivity contribution >= 4 is 18.3 Å². The third-order valence-electron chi connectivity index (χ3n) is 4.25. The number of rotatable bonds is 8. The van der Waals surface area contributed by atoms with E-state index in [0.717, 1.165) is 22.5 Å². The second kappa shape index (κ2) is 10.2. The maximum Gasteiger partial charge on any atom is 0.132 e. The summed E-state index contributed by atoms with van der Waals surface area (Å²) in [6.07, 6.45) is 12.0. The van der Waals surface area contributed by atoms with E-state index in [1.165, 1.54) is 6.21 Å². The largest absolute Gasteiger partial charge is 0.402 e. The fourth-order valence-electron chi connectivity index (χ4n) is 2.81. The number of nitrogens with zero attached hydrogens (tertiary/aromatic N) is 2. The van der Waals surface area contributed by atoms with Crippen LogP contribution in [-0.4, -0.2) is 38.0 Å². The molecular weight excluding hydrogens is 366 g/mol. The fraction of sp³-hybridized carbons (Fsp3) is 0.286. The zero-order valence-corrected chi connectivity index (χ0v) is 17.3. The highest BCUT2D eigenvalue weighted by Crippen LogP contribution is 2.23. The average Bonchev–Trinajstić information content (AvgIpc) is 2.69. The van der Waals surface area contributed by atoms with E-state index < -0.39 is 0 Å². The van der Waals surface area contributed by atoms with Crippen LogP contribution < -0.4 is 22.1 Å². The van der Waals surface area contributed by atoms with Crippen LogP contribution in [0.3, 0.4) is 0 Å². The standard InChI is InChI=1S/C21H29N7O/c1-5-29-14(3)15(10-22)9-20(24)28-21-7-6-18-19(27-21)8-16(11-26-18)17(12-25-4)13(2)23/h6-12,14,22,26-27H,5,23H2,1-4H3,(H2,24,28). The van der Waals surface area contributed by atoms with E-state index in [2.05, 4.69) is 20.6 Å². The molecule has 0 fully saturated rings. The van der Waals surface area contributed by atoms with Gasteiger partial charge in [0.05, 0.1) is 17.5 Å². The van der Waals surface area contributed by atoms with Gasteiger partial charge in [-0.2, -0.15) is 0 Å². The third-order valence-corrected chi connectivity index (χ3v) is 4.25. The van der Waals surface area contributed by atoms with Crippen molar-refractivity contribution in [1.29, 1.82) is 5.41 Å². The SMILES string of the molecule is CCOC(C)C(C=N)=CC(N)=NC1=CC=C2NC=C(C(C=NC)=C(C)N)C=C2N1. The van der Waals surface area contributed by atoms with Gasteiger partial charge in [0.2, 0.25) is 0 Å². The number of amidine groups is 1. The van der Waals surface area contributed by atoms with Gasteiger partial charge in [0, 0.05) is 54.7 Å². The summed E-state index contributed by atoms with van der Waals surface area (Å²) in [5.41, 5.74) is 16.9. The number of hydrogen-bond donors (Lipinski definition) is 5. The van der Waals surface area contributed by atoms with Crippen molar-refractivity contribution in [3.05, 3.63) is 70.1 Å². The number of nitrogens with one attached hydrogen (secondary N) is 3. The maximum absolute atomic E-state index is 7.56. The Hall–Kier alpha value is -3.39. The molecule has 0 aromatic rings. The first kappa shape index (κ1) is 21.9. The highest BCUT2D eigenvalue weighted by Gasteiger charge is 2.17. The minimum absolute atomic E-state index is 0.228. The minimum Gasteiger partial charge on any atom is -0.402 e. The van der Waals surface area contributed by atoms with Crippen LogP contribution in [0.2, 0.25) is 0 Å². The van der Waals surface area contributed by atoms with Gasteiger partial charge in [-0.15, -0.1) is 0 Å². The zero-order chi connectivity index (χ0) is 21.4. The molecule has 0 saturated carbocycles. The Balaban J connectivity index is 2.24. The lowest BCUT2D eigenvalue weighted by molar-refractivity contribution is 0.106. The van der Waals surface area contributed by atoms with Crippen LogP contribution in [0.4, 0.5) is 0 Å². The number of dihydropyridines is 2. The van der Waals surface area contributed by atoms with Gasteiger partial charge < -0.3 is 32.2 Å². The third kappa shape index (κ3) is 5.79. The zero-order valence-electron chi connectivity index (χ0n) is 17.3. The van der Waals surface area contributed by atoms with Crippen LogP contribution in [0.15, 0.2) is 80.1 Å². The van der Waals surface area contributed by atoms with Gasteiger partial charge >= 0.3 is 0 Å². The first-order valence-electron chi connectivity index (χ1n) is 9.34. The summed E-state index contributed by atoms with van der Waals surface area (Å²) in [4.78, 5) is 8.49. The predicted octanol–water partition coefficient (Wildman–Crippen LogP) is 1.98. The summed E-state index contributed by atoms with van der Waals surface area (Å²) in [6.45, 7) is 6.17. The average molecular weight is 396 g/mol. The summed E-state index contributed by atoms with van der Waals surface area (Å²) in [6, 6.07) is 0. The van der Waals surface area contributed by atoms with E-state index in [9.17, 15) is 0 Å². The van der Waals surface area contributed by atoms with Crippen LogP contribution >= 0.6 is 0 Å². The van der Waals surface area contributed by atoms with Crippen molar-refractivity contribution < 1.29 is 4.74 Å². The molecule has 8 nitrogen and oxygen atoms in total. The minimum atomic E-state index is -0.228. The topological polar surface area (TPSA) is 134 Å². The molecule has 0 aromatic heterocycles. The van der Waals surface area contributed by atoms with E-state index in [-0.39, 0.29) is 11.9 Å². The molecule has 1 atom stereocenters. The van der Waals surface area contributed by atoms with Gasteiger partial charge in [-0.05, 0) is 45.1 Å². The first-order chi connectivity index (χ1) is 13.9. The van der Waals surface area contributed by atoms with Crippen molar-refractivity contribution in [3.63, 3.8) is 0 Å². The van der Waals surface area contributed by atoms with Crippen LogP contribution in [0, 0.1) is 5.41 Å². The van der Waals surface area contributed by atoms with Crippen molar-refractivity contribution in [1.82, 2.24) is 10.6 Å². The smallest absolute Gasteiger partial charge is 0.132 e. The van der Waals surface area contributed by atoms with Crippen molar-refractivity contribution in [2.24, 2.45) is 21.5 Å². The lowest BCUT2D eigenvalue weighted by Crippen LogP contribution is -2.27. The normalized spacial score (nSPS) is 19.0. The Morgan fingerprint density at radius 2 is 2.07 bits per heavy atom. The highest BCUT2D eigenvalue weighted by atomic mass is 16.5. The molecule has 1 unspecified atom stereocenters. The quantitative estimate of drug-likeness (QED) is 0.316. The molecule has 29 heavy (non-hydrogen) atoms. The summed E-state index contributed by atoms with van der Waals surface area (Å²) in [5.74, 6) is 0.867. The number of ether oxygens (including phenoxy) is 1. The Labute approximate surface area is 171 Å². The lowest BCUT2D eigenvalue weighted by Gasteiger charge is -2.23. The van der Waals surface area contributed by atoms with E-state index in [1.54, 1.807) is 19.3 Å². The molecule has 2 heterocycles. The predicted molar refractivity (Wildman–Crippen MR) is 119 cm³/mol. The van der Waals surface area contributed by atoms with Gasteiger partial charge in [0.1, 0.15) is 11.7 Å². The Bertz CT molecular complexity index is 894. The molecule has 0 radical (unpaired) electrons. The Kier molecular flexibility index (Phi) is 7.73. The van der Waals surface area contributed by atoms with E-state index >= 15 is 0 Å². The Morgan fingerprint density at radius 1 is 1.31 bits per heavy atom. The second-order valence-electron chi connectivity index (χ2n) is 6.47. The number of hydrogen-bond acceptors (Lipinski definition) is 7. The number of aliphatic imine (C=N–C) groups is 2. The van der Waals surface area contributed by atoms with E-state index in [0.29, 0.717) is 23.7 Å². The van der Waals surface area contributed by atoms with E-state index in [1.807, 2.05) is 45.2 Å². The highest BCUT2D eigenvalue weighted by molar-refractivity contribution is 5.97. The molecule has 154 valence electrons. The summed E-state index contributed by atoms with van der Waals surface area (Å²) in [7, 11) is 1.71. The van der Waals surface area contributed by atoms with Crippen LogP contribution in [0.5, 0.6) is 0 Å². The summed E-state index contributed by atoms with van der Waals surface area (Å²) in [5, 5.41) is 14.1. The molecule has 0 spiro atoms. The molecule has 7 N–H and O–H groups in total. The monoisotopic (exact) mass is 395 g/mol. The van der Waals surface area contributed by atoms with Crippen molar-refractivity contribution in [3.8, 4) is 0 Å². The van der Waals surface area contributed by atoms with Crippen LogP contribution in [0.1, 0.15) is 20.8 Å². The fourth-order valence-corrected chi connectivity index (χ4v) is 2.81. The van der Waals surface area contributed by atoms with Crippen LogP contribution in [-0.2, 0) is 4.74 Å². The second-order valence-corrected chi connectivity index (χ2v) is 6.47. The van der Waals surface area contributed by atoms with Gasteiger partial charge in [0.25, 0.3) is 0 Å². The van der Waals surface area contributed by atoms with Gasteiger partial charge in [-0.3, -0.25) is 4.99 Å². The van der Waals surface area contributed by atoms with Crippen molar-refractivity contribution in [2.45, 2.75) is 26.9 Å². The van der Waals surface area contributed by atoms with Gasteiger partial charge in [-0.1, -0.05) is 0 Å². The maximum atomic E-state index is 7.56. The molecule has 2 aliphatic heterocycles. The first-order valence-corrected chi connectivity index (χ1v) is 9.34. The van der Waals surface area contributed by atoms with E-state index in [4.69, 9.17) is 21.6 Å². The Morgan fingerprint density at radius 3 is 2.69 bits per heavy atom. The lowest BCUT2D eigenvalue weighted by atomic mass is 10.0. The molecule has 0 saturated heterocycles. The molecule has 8 heteroatoms. The molecular formula is C21H29N7O. The molecule has 0 amide bonds. The molecule has 2 aliphatic rings. The summed E-state index contributed by atoms with van der Waals surface area (Å²) < 4.78 is 5.51. The molecule has 0 aliphatic carbocycles. The van der Waals surface area contributed by atoms with Gasteiger partial charge in [0.15, 0.2) is 0 Å².